The normalized spacial score (nSPS) is 21.9. The van der Waals surface area contributed by atoms with Gasteiger partial charge >= 0.3 is 0 Å². The van der Waals surface area contributed by atoms with Crippen LogP contribution < -0.4 is 10.6 Å². The van der Waals surface area contributed by atoms with Gasteiger partial charge in [-0.05, 0) is 67.0 Å². The summed E-state index contributed by atoms with van der Waals surface area (Å²) in [4.78, 5) is 12.9. The zero-order valence-corrected chi connectivity index (χ0v) is 13.7. The fourth-order valence-corrected chi connectivity index (χ4v) is 3.83. The van der Waals surface area contributed by atoms with Crippen molar-refractivity contribution in [3.05, 3.63) is 31.9 Å². The van der Waals surface area contributed by atoms with Crippen LogP contribution in [0.1, 0.15) is 26.2 Å². The van der Waals surface area contributed by atoms with E-state index >= 15 is 0 Å². The highest BCUT2D eigenvalue weighted by molar-refractivity contribution is 14.1. The third-order valence-electron chi connectivity index (χ3n) is 4.12. The van der Waals surface area contributed by atoms with Gasteiger partial charge < -0.3 is 10.6 Å². The second-order valence-electron chi connectivity index (χ2n) is 5.17. The van der Waals surface area contributed by atoms with Gasteiger partial charge in [0.05, 0.1) is 8.49 Å². The molecule has 2 N–H and O–H groups in total. The van der Waals surface area contributed by atoms with Crippen LogP contribution in [-0.2, 0) is 0 Å². The van der Waals surface area contributed by atoms with Crippen LogP contribution in [0.5, 0.6) is 0 Å². The van der Waals surface area contributed by atoms with Crippen LogP contribution in [0.4, 0.5) is 11.4 Å². The maximum atomic E-state index is 10.9. The van der Waals surface area contributed by atoms with Crippen LogP contribution in [0.3, 0.4) is 0 Å². The molecule has 1 aromatic rings. The quantitative estimate of drug-likeness (QED) is 0.477. The smallest absolute Gasteiger partial charge is 0.282 e. The molecule has 0 saturated heterocycles. The summed E-state index contributed by atoms with van der Waals surface area (Å²) in [6.45, 7) is 3.74. The number of rotatable bonds is 5. The molecule has 5 nitrogen and oxygen atoms in total. The SMILES string of the molecule is CCN(c1ccc([N+](=O)[O-])c(I)c1)C1CCCC1CN. The van der Waals surface area contributed by atoms with Gasteiger partial charge in [-0.25, -0.2) is 0 Å². The molecule has 2 rings (SSSR count). The van der Waals surface area contributed by atoms with Gasteiger partial charge in [-0.3, -0.25) is 10.1 Å². The van der Waals surface area contributed by atoms with E-state index in [2.05, 4.69) is 11.8 Å². The van der Waals surface area contributed by atoms with Gasteiger partial charge in [0.1, 0.15) is 0 Å². The van der Waals surface area contributed by atoms with E-state index in [9.17, 15) is 10.1 Å². The lowest BCUT2D eigenvalue weighted by Gasteiger charge is -2.34. The number of benzene rings is 1. The number of halogens is 1. The first-order valence-electron chi connectivity index (χ1n) is 6.99. The lowest BCUT2D eigenvalue weighted by Crippen LogP contribution is -2.40. The molecule has 0 aromatic heterocycles. The van der Waals surface area contributed by atoms with Gasteiger partial charge in [0.25, 0.3) is 5.69 Å². The van der Waals surface area contributed by atoms with Crippen molar-refractivity contribution in [3.8, 4) is 0 Å². The van der Waals surface area contributed by atoms with E-state index < -0.39 is 0 Å². The van der Waals surface area contributed by atoms with E-state index in [0.29, 0.717) is 22.1 Å². The Hall–Kier alpha value is -0.890. The molecule has 2 atom stereocenters. The van der Waals surface area contributed by atoms with E-state index in [4.69, 9.17) is 5.73 Å². The summed E-state index contributed by atoms with van der Waals surface area (Å²) in [7, 11) is 0. The summed E-state index contributed by atoms with van der Waals surface area (Å²) >= 11 is 2.04. The van der Waals surface area contributed by atoms with E-state index in [1.165, 1.54) is 12.8 Å². The van der Waals surface area contributed by atoms with Gasteiger partial charge in [0.2, 0.25) is 0 Å². The predicted molar refractivity (Wildman–Crippen MR) is 89.0 cm³/mol. The van der Waals surface area contributed by atoms with Gasteiger partial charge in [-0.1, -0.05) is 6.42 Å². The monoisotopic (exact) mass is 389 g/mol. The first kappa shape index (κ1) is 15.5. The molecule has 20 heavy (non-hydrogen) atoms. The average molecular weight is 389 g/mol. The molecule has 1 aromatic carbocycles. The zero-order valence-electron chi connectivity index (χ0n) is 11.6. The molecule has 1 aliphatic rings. The van der Waals surface area contributed by atoms with Crippen LogP contribution in [0.15, 0.2) is 18.2 Å². The van der Waals surface area contributed by atoms with Gasteiger partial charge in [-0.2, -0.15) is 0 Å². The minimum Gasteiger partial charge on any atom is -0.368 e. The standard InChI is InChI=1S/C14H20IN3O2/c1-2-17(13-5-3-4-10(13)9-16)11-6-7-14(18(19)20)12(15)8-11/h6-8,10,13H,2-5,9,16H2,1H3. The third-order valence-corrected chi connectivity index (χ3v) is 4.99. The number of nitro benzene ring substituents is 1. The van der Waals surface area contributed by atoms with Crippen molar-refractivity contribution in [2.45, 2.75) is 32.2 Å². The molecule has 110 valence electrons. The van der Waals surface area contributed by atoms with E-state index in [1.54, 1.807) is 6.07 Å². The van der Waals surface area contributed by atoms with Gasteiger partial charge in [0, 0.05) is 24.3 Å². The van der Waals surface area contributed by atoms with Crippen molar-refractivity contribution in [2.24, 2.45) is 11.7 Å². The number of nitrogens with zero attached hydrogens (tertiary/aromatic N) is 2. The number of nitrogens with two attached hydrogens (primary N) is 1. The largest absolute Gasteiger partial charge is 0.368 e. The van der Waals surface area contributed by atoms with Crippen molar-refractivity contribution in [2.75, 3.05) is 18.0 Å². The minimum absolute atomic E-state index is 0.173. The van der Waals surface area contributed by atoms with Crippen molar-refractivity contribution >= 4 is 34.0 Å². The summed E-state index contributed by atoms with van der Waals surface area (Å²) in [5.74, 6) is 0.530. The number of hydrogen-bond acceptors (Lipinski definition) is 4. The summed E-state index contributed by atoms with van der Waals surface area (Å²) < 4.78 is 0.686. The first-order valence-corrected chi connectivity index (χ1v) is 8.07. The fraction of sp³-hybridized carbons (Fsp3) is 0.571. The Morgan fingerprint density at radius 3 is 2.80 bits per heavy atom. The van der Waals surface area contributed by atoms with E-state index in [0.717, 1.165) is 18.7 Å². The van der Waals surface area contributed by atoms with Gasteiger partial charge in [0.15, 0.2) is 0 Å². The highest BCUT2D eigenvalue weighted by atomic mass is 127. The molecule has 0 spiro atoms. The highest BCUT2D eigenvalue weighted by Gasteiger charge is 2.31. The lowest BCUT2D eigenvalue weighted by molar-refractivity contribution is -0.385. The summed E-state index contributed by atoms with van der Waals surface area (Å²) in [6, 6.07) is 5.83. The molecular formula is C14H20IN3O2. The molecule has 0 radical (unpaired) electrons. The van der Waals surface area contributed by atoms with Crippen LogP contribution in [0, 0.1) is 19.6 Å². The number of hydrogen-bond donors (Lipinski definition) is 1. The van der Waals surface area contributed by atoms with E-state index in [1.807, 2.05) is 34.7 Å². The lowest BCUT2D eigenvalue weighted by atomic mass is 10.0. The molecule has 0 aliphatic heterocycles. The topological polar surface area (TPSA) is 72.4 Å². The van der Waals surface area contributed by atoms with Crippen LogP contribution in [0.2, 0.25) is 0 Å². The van der Waals surface area contributed by atoms with Crippen molar-refractivity contribution in [3.63, 3.8) is 0 Å². The van der Waals surface area contributed by atoms with Crippen LogP contribution in [-0.4, -0.2) is 24.1 Å². The summed E-state index contributed by atoms with van der Waals surface area (Å²) in [5.41, 5.74) is 7.11. The second-order valence-corrected chi connectivity index (χ2v) is 6.34. The zero-order chi connectivity index (χ0) is 14.7. The molecule has 1 fully saturated rings. The first-order chi connectivity index (χ1) is 9.58. The third kappa shape index (κ3) is 3.06. The number of anilines is 1. The Bertz CT molecular complexity index is 495. The Morgan fingerprint density at radius 1 is 1.50 bits per heavy atom. The maximum absolute atomic E-state index is 10.9. The molecule has 0 amide bonds. The summed E-state index contributed by atoms with van der Waals surface area (Å²) in [5, 5.41) is 10.9. The molecule has 0 heterocycles. The fourth-order valence-electron chi connectivity index (χ4n) is 3.13. The highest BCUT2D eigenvalue weighted by Crippen LogP contribution is 2.34. The van der Waals surface area contributed by atoms with Crippen molar-refractivity contribution in [1.29, 1.82) is 0 Å². The van der Waals surface area contributed by atoms with Gasteiger partial charge in [-0.15, -0.1) is 0 Å². The van der Waals surface area contributed by atoms with Crippen LogP contribution >= 0.6 is 22.6 Å². The van der Waals surface area contributed by atoms with Crippen LogP contribution in [0.25, 0.3) is 0 Å². The molecule has 1 saturated carbocycles. The Labute approximate surface area is 132 Å². The molecular weight excluding hydrogens is 369 g/mol. The Morgan fingerprint density at radius 2 is 2.25 bits per heavy atom. The maximum Gasteiger partial charge on any atom is 0.282 e. The molecule has 2 unspecified atom stereocenters. The average Bonchev–Trinajstić information content (AvgIpc) is 2.87. The summed E-state index contributed by atoms with van der Waals surface area (Å²) in [6.07, 6.45) is 3.55. The second kappa shape index (κ2) is 6.71. The minimum atomic E-state index is -0.333. The van der Waals surface area contributed by atoms with Crippen molar-refractivity contribution < 1.29 is 4.92 Å². The van der Waals surface area contributed by atoms with Crippen molar-refractivity contribution in [1.82, 2.24) is 0 Å². The number of nitro groups is 1. The Balaban J connectivity index is 2.28. The predicted octanol–water partition coefficient (Wildman–Crippen LogP) is 3.15. The Kier molecular flexibility index (Phi) is 5.20. The molecule has 6 heteroatoms. The molecule has 0 bridgehead atoms. The van der Waals surface area contributed by atoms with E-state index in [-0.39, 0.29) is 10.6 Å². The molecule has 1 aliphatic carbocycles.